The molecule has 0 atom stereocenters. The van der Waals surface area contributed by atoms with Crippen molar-refractivity contribution < 1.29 is 0 Å². The second kappa shape index (κ2) is 6.49. The molecule has 5 nitrogen and oxygen atoms in total. The summed E-state index contributed by atoms with van der Waals surface area (Å²) in [4.78, 5) is 12.2. The van der Waals surface area contributed by atoms with Crippen molar-refractivity contribution in [2.24, 2.45) is 5.92 Å². The number of hydrogen-bond acceptors (Lipinski definition) is 4. The van der Waals surface area contributed by atoms with Crippen molar-refractivity contribution in [1.82, 2.24) is 9.78 Å². The summed E-state index contributed by atoms with van der Waals surface area (Å²) in [6, 6.07) is 5.11. The quantitative estimate of drug-likeness (QED) is 0.805. The van der Waals surface area contributed by atoms with Gasteiger partial charge < -0.3 is 11.1 Å². The number of benzene rings is 1. The first kappa shape index (κ1) is 15.9. The maximum Gasteiger partial charge on any atom is 0.283 e. The van der Waals surface area contributed by atoms with Crippen LogP contribution in [0.1, 0.15) is 13.8 Å². The largest absolute Gasteiger partial charge is 0.399 e. The smallest absolute Gasteiger partial charge is 0.283 e. The summed E-state index contributed by atoms with van der Waals surface area (Å²) < 4.78 is 1.84. The Morgan fingerprint density at radius 2 is 2.14 bits per heavy atom. The van der Waals surface area contributed by atoms with E-state index in [-0.39, 0.29) is 5.56 Å². The first-order valence-electron chi connectivity index (χ1n) is 6.46. The average Bonchev–Trinajstić information content (AvgIpc) is 2.42. The lowest BCUT2D eigenvalue weighted by molar-refractivity contribution is 0.463. The van der Waals surface area contributed by atoms with Crippen molar-refractivity contribution in [1.29, 1.82) is 0 Å². The van der Waals surface area contributed by atoms with Crippen LogP contribution < -0.4 is 16.6 Å². The molecule has 2 aromatic rings. The van der Waals surface area contributed by atoms with Gasteiger partial charge in [-0.3, -0.25) is 4.79 Å². The Labute approximate surface area is 136 Å². The molecule has 0 saturated carbocycles. The van der Waals surface area contributed by atoms with Crippen LogP contribution in [0.15, 0.2) is 33.7 Å². The zero-order chi connectivity index (χ0) is 15.6. The zero-order valence-electron chi connectivity index (χ0n) is 11.7. The lowest BCUT2D eigenvalue weighted by Crippen LogP contribution is -2.26. The molecule has 0 spiro atoms. The Hall–Kier alpha value is -1.53. The van der Waals surface area contributed by atoms with E-state index in [1.807, 2.05) is 13.8 Å². The Balaban J connectivity index is 2.35. The standard InChI is InChI=1S/C14H16BrClN4O/c1-8(2)7-20-14(21)13(15)12(6-18-20)19-11-5-9(17)3-4-10(11)16/h3-6,8,19H,7,17H2,1-2H3. The SMILES string of the molecule is CC(C)Cn1ncc(Nc2cc(N)ccc2Cl)c(Br)c1=O. The predicted molar refractivity (Wildman–Crippen MR) is 90.2 cm³/mol. The average molecular weight is 372 g/mol. The van der Waals surface area contributed by atoms with Gasteiger partial charge in [0.25, 0.3) is 5.56 Å². The maximum absolute atomic E-state index is 12.2. The lowest BCUT2D eigenvalue weighted by Gasteiger charge is -2.13. The minimum atomic E-state index is -0.186. The minimum Gasteiger partial charge on any atom is -0.399 e. The zero-order valence-corrected chi connectivity index (χ0v) is 14.1. The molecular formula is C14H16BrClN4O. The van der Waals surface area contributed by atoms with E-state index >= 15 is 0 Å². The van der Waals surface area contributed by atoms with Gasteiger partial charge in [0.05, 0.1) is 22.6 Å². The number of nitrogen functional groups attached to an aromatic ring is 1. The minimum absolute atomic E-state index is 0.186. The molecule has 0 unspecified atom stereocenters. The van der Waals surface area contributed by atoms with Crippen LogP contribution >= 0.6 is 27.5 Å². The van der Waals surface area contributed by atoms with Gasteiger partial charge in [-0.2, -0.15) is 5.10 Å². The number of nitrogens with one attached hydrogen (secondary N) is 1. The fourth-order valence-electron chi connectivity index (χ4n) is 1.81. The van der Waals surface area contributed by atoms with E-state index in [2.05, 4.69) is 26.3 Å². The van der Waals surface area contributed by atoms with E-state index < -0.39 is 0 Å². The van der Waals surface area contributed by atoms with Gasteiger partial charge in [-0.05, 0) is 40.0 Å². The van der Waals surface area contributed by atoms with Crippen LogP contribution in [0, 0.1) is 5.92 Å². The Morgan fingerprint density at radius 1 is 1.43 bits per heavy atom. The number of rotatable bonds is 4. The molecule has 21 heavy (non-hydrogen) atoms. The normalized spacial score (nSPS) is 10.9. The summed E-state index contributed by atoms with van der Waals surface area (Å²) in [5.41, 5.74) is 7.31. The summed E-state index contributed by atoms with van der Waals surface area (Å²) >= 11 is 9.41. The van der Waals surface area contributed by atoms with E-state index in [9.17, 15) is 4.79 Å². The van der Waals surface area contributed by atoms with Gasteiger partial charge in [-0.25, -0.2) is 4.68 Å². The Bertz CT molecular complexity index is 715. The fraction of sp³-hybridized carbons (Fsp3) is 0.286. The van der Waals surface area contributed by atoms with Crippen LogP contribution in [0.3, 0.4) is 0 Å². The van der Waals surface area contributed by atoms with Crippen molar-refractivity contribution in [2.45, 2.75) is 20.4 Å². The third-order valence-corrected chi connectivity index (χ3v) is 3.88. The molecule has 0 bridgehead atoms. The third-order valence-electron chi connectivity index (χ3n) is 2.78. The van der Waals surface area contributed by atoms with Crippen molar-refractivity contribution in [3.05, 3.63) is 44.2 Å². The molecule has 112 valence electrons. The molecule has 0 saturated heterocycles. The topological polar surface area (TPSA) is 72.9 Å². The van der Waals surface area contributed by atoms with Crippen LogP contribution in [0.25, 0.3) is 0 Å². The van der Waals surface area contributed by atoms with Gasteiger partial charge in [0, 0.05) is 12.2 Å². The van der Waals surface area contributed by atoms with E-state index in [0.717, 1.165) is 0 Å². The molecule has 3 N–H and O–H groups in total. The van der Waals surface area contributed by atoms with Gasteiger partial charge in [-0.15, -0.1) is 0 Å². The summed E-state index contributed by atoms with van der Waals surface area (Å²) in [5, 5.41) is 7.75. The molecule has 0 radical (unpaired) electrons. The van der Waals surface area contributed by atoms with Crippen molar-refractivity contribution in [3.8, 4) is 0 Å². The molecule has 7 heteroatoms. The fourth-order valence-corrected chi connectivity index (χ4v) is 2.38. The van der Waals surface area contributed by atoms with E-state index in [0.29, 0.717) is 39.0 Å². The number of halogens is 2. The van der Waals surface area contributed by atoms with Gasteiger partial charge in [0.1, 0.15) is 4.47 Å². The van der Waals surface area contributed by atoms with Crippen molar-refractivity contribution in [2.75, 3.05) is 11.1 Å². The van der Waals surface area contributed by atoms with E-state index in [4.69, 9.17) is 17.3 Å². The summed E-state index contributed by atoms with van der Waals surface area (Å²) in [7, 11) is 0. The summed E-state index contributed by atoms with van der Waals surface area (Å²) in [6.45, 7) is 4.62. The van der Waals surface area contributed by atoms with Gasteiger partial charge in [0.15, 0.2) is 0 Å². The highest BCUT2D eigenvalue weighted by Crippen LogP contribution is 2.29. The van der Waals surface area contributed by atoms with Crippen LogP contribution in [0.2, 0.25) is 5.02 Å². The molecule has 1 aromatic heterocycles. The van der Waals surface area contributed by atoms with E-state index in [1.54, 1.807) is 24.4 Å². The second-order valence-electron chi connectivity index (χ2n) is 5.12. The summed E-state index contributed by atoms with van der Waals surface area (Å²) in [6.07, 6.45) is 1.59. The van der Waals surface area contributed by atoms with Gasteiger partial charge >= 0.3 is 0 Å². The first-order chi connectivity index (χ1) is 9.88. The molecular weight excluding hydrogens is 356 g/mol. The van der Waals surface area contributed by atoms with Crippen LogP contribution in [-0.2, 0) is 6.54 Å². The Morgan fingerprint density at radius 3 is 2.81 bits per heavy atom. The number of hydrogen-bond donors (Lipinski definition) is 2. The number of aromatic nitrogens is 2. The van der Waals surface area contributed by atoms with Crippen molar-refractivity contribution >= 4 is 44.6 Å². The molecule has 0 fully saturated rings. The number of nitrogens with zero attached hydrogens (tertiary/aromatic N) is 2. The maximum atomic E-state index is 12.2. The molecule has 0 aliphatic carbocycles. The van der Waals surface area contributed by atoms with Crippen LogP contribution in [0.4, 0.5) is 17.1 Å². The highest BCUT2D eigenvalue weighted by atomic mass is 79.9. The third kappa shape index (κ3) is 3.77. The van der Waals surface area contributed by atoms with Gasteiger partial charge in [-0.1, -0.05) is 25.4 Å². The molecule has 0 aliphatic rings. The molecule has 2 rings (SSSR count). The van der Waals surface area contributed by atoms with Crippen LogP contribution in [0.5, 0.6) is 0 Å². The second-order valence-corrected chi connectivity index (χ2v) is 6.32. The monoisotopic (exact) mass is 370 g/mol. The Kier molecular flexibility index (Phi) is 4.90. The van der Waals surface area contributed by atoms with Gasteiger partial charge in [0.2, 0.25) is 0 Å². The van der Waals surface area contributed by atoms with Crippen LogP contribution in [-0.4, -0.2) is 9.78 Å². The summed E-state index contributed by atoms with van der Waals surface area (Å²) in [5.74, 6) is 0.337. The molecule has 1 aromatic carbocycles. The highest BCUT2D eigenvalue weighted by Gasteiger charge is 2.11. The number of anilines is 3. The highest BCUT2D eigenvalue weighted by molar-refractivity contribution is 9.10. The molecule has 1 heterocycles. The first-order valence-corrected chi connectivity index (χ1v) is 7.63. The predicted octanol–water partition coefficient (Wildman–Crippen LogP) is 3.64. The van der Waals surface area contributed by atoms with E-state index in [1.165, 1.54) is 4.68 Å². The molecule has 0 amide bonds. The molecule has 0 aliphatic heterocycles. The lowest BCUT2D eigenvalue weighted by atomic mass is 10.2. The number of nitrogens with two attached hydrogens (primary N) is 1. The van der Waals surface area contributed by atoms with Crippen molar-refractivity contribution in [3.63, 3.8) is 0 Å².